The van der Waals surface area contributed by atoms with Crippen LogP contribution in [0.2, 0.25) is 0 Å². The maximum atomic E-state index is 11.9. The fraction of sp³-hybridized carbons (Fsp3) is 0.385. The highest BCUT2D eigenvalue weighted by Crippen LogP contribution is 2.13. The second-order valence-corrected chi connectivity index (χ2v) is 4.41. The molecule has 0 unspecified atom stereocenters. The van der Waals surface area contributed by atoms with Gasteiger partial charge in [-0.25, -0.2) is 0 Å². The van der Waals surface area contributed by atoms with Crippen molar-refractivity contribution in [3.05, 3.63) is 29.8 Å². The Balaban J connectivity index is 2.00. The first-order valence-corrected chi connectivity index (χ1v) is 6.00. The maximum Gasteiger partial charge on any atom is 0.307 e. The molecule has 0 spiro atoms. The van der Waals surface area contributed by atoms with Crippen LogP contribution in [0.15, 0.2) is 24.3 Å². The van der Waals surface area contributed by atoms with E-state index < -0.39 is 5.97 Å². The van der Waals surface area contributed by atoms with Gasteiger partial charge in [0, 0.05) is 5.69 Å². The molecule has 1 amide bonds. The van der Waals surface area contributed by atoms with E-state index >= 15 is 0 Å². The molecule has 1 aliphatic heterocycles. The van der Waals surface area contributed by atoms with Gasteiger partial charge in [0.25, 0.3) is 0 Å². The zero-order chi connectivity index (χ0) is 13.0. The van der Waals surface area contributed by atoms with E-state index in [1.165, 1.54) is 0 Å². The van der Waals surface area contributed by atoms with Gasteiger partial charge in [-0.2, -0.15) is 0 Å². The van der Waals surface area contributed by atoms with Crippen LogP contribution < -0.4 is 10.6 Å². The van der Waals surface area contributed by atoms with Gasteiger partial charge in [-0.15, -0.1) is 0 Å². The summed E-state index contributed by atoms with van der Waals surface area (Å²) >= 11 is 0. The monoisotopic (exact) mass is 248 g/mol. The Morgan fingerprint density at radius 3 is 2.94 bits per heavy atom. The number of aliphatic carboxylic acids is 1. The topological polar surface area (TPSA) is 78.4 Å². The van der Waals surface area contributed by atoms with Crippen molar-refractivity contribution >= 4 is 17.6 Å². The van der Waals surface area contributed by atoms with Crippen LogP contribution in [0.3, 0.4) is 0 Å². The molecule has 1 aromatic carbocycles. The van der Waals surface area contributed by atoms with Gasteiger partial charge in [0.05, 0.1) is 12.5 Å². The van der Waals surface area contributed by atoms with Crippen molar-refractivity contribution in [2.75, 3.05) is 11.9 Å². The molecule has 96 valence electrons. The molecule has 0 saturated carbocycles. The van der Waals surface area contributed by atoms with E-state index in [9.17, 15) is 9.59 Å². The molecule has 1 fully saturated rings. The molecule has 0 aliphatic carbocycles. The van der Waals surface area contributed by atoms with Crippen LogP contribution >= 0.6 is 0 Å². The Morgan fingerprint density at radius 2 is 2.28 bits per heavy atom. The third kappa shape index (κ3) is 3.30. The van der Waals surface area contributed by atoms with Crippen LogP contribution in [0.1, 0.15) is 18.4 Å². The minimum atomic E-state index is -0.879. The number of carboxylic acid groups (broad SMARTS) is 1. The Hall–Kier alpha value is -1.88. The maximum absolute atomic E-state index is 11.9. The molecule has 0 aromatic heterocycles. The van der Waals surface area contributed by atoms with Crippen LogP contribution in [-0.2, 0) is 16.0 Å². The van der Waals surface area contributed by atoms with Crippen molar-refractivity contribution in [3.63, 3.8) is 0 Å². The summed E-state index contributed by atoms with van der Waals surface area (Å²) in [7, 11) is 0. The molecule has 18 heavy (non-hydrogen) atoms. The van der Waals surface area contributed by atoms with Crippen LogP contribution in [0.4, 0.5) is 5.69 Å². The first-order valence-electron chi connectivity index (χ1n) is 6.00. The molecule has 1 aromatic rings. The number of nitrogens with one attached hydrogen (secondary N) is 2. The lowest BCUT2D eigenvalue weighted by atomic mass is 10.1. The van der Waals surface area contributed by atoms with Crippen LogP contribution in [0.25, 0.3) is 0 Å². The van der Waals surface area contributed by atoms with Crippen molar-refractivity contribution < 1.29 is 14.7 Å². The van der Waals surface area contributed by atoms with Gasteiger partial charge in [0.2, 0.25) is 5.91 Å². The number of hydrogen-bond donors (Lipinski definition) is 3. The number of carboxylic acids is 1. The molecule has 5 heteroatoms. The molecule has 0 radical (unpaired) electrons. The number of carbonyl (C=O) groups is 2. The lowest BCUT2D eigenvalue weighted by Crippen LogP contribution is -2.35. The highest BCUT2D eigenvalue weighted by Gasteiger charge is 2.21. The van der Waals surface area contributed by atoms with E-state index in [0.29, 0.717) is 11.3 Å². The molecule has 2 rings (SSSR count). The summed E-state index contributed by atoms with van der Waals surface area (Å²) in [6, 6.07) is 6.81. The number of amides is 1. The Morgan fingerprint density at radius 1 is 1.44 bits per heavy atom. The summed E-state index contributed by atoms with van der Waals surface area (Å²) in [5, 5.41) is 14.6. The third-order valence-corrected chi connectivity index (χ3v) is 2.93. The van der Waals surface area contributed by atoms with Gasteiger partial charge < -0.3 is 15.7 Å². The van der Waals surface area contributed by atoms with Crippen molar-refractivity contribution in [2.24, 2.45) is 0 Å². The molecule has 1 saturated heterocycles. The van der Waals surface area contributed by atoms with Crippen molar-refractivity contribution in [1.29, 1.82) is 0 Å². The van der Waals surface area contributed by atoms with Gasteiger partial charge in [-0.1, -0.05) is 12.1 Å². The van der Waals surface area contributed by atoms with Crippen LogP contribution in [-0.4, -0.2) is 29.6 Å². The molecule has 3 N–H and O–H groups in total. The van der Waals surface area contributed by atoms with Crippen molar-refractivity contribution in [3.8, 4) is 0 Å². The average Bonchev–Trinajstić information content (AvgIpc) is 2.81. The predicted molar refractivity (Wildman–Crippen MR) is 67.4 cm³/mol. The molecule has 1 heterocycles. The first kappa shape index (κ1) is 12.6. The quantitative estimate of drug-likeness (QED) is 0.743. The molecular weight excluding hydrogens is 232 g/mol. The van der Waals surface area contributed by atoms with Crippen LogP contribution in [0.5, 0.6) is 0 Å². The first-order chi connectivity index (χ1) is 8.65. The molecule has 1 aliphatic rings. The van der Waals surface area contributed by atoms with Gasteiger partial charge in [-0.05, 0) is 37.1 Å². The smallest absolute Gasteiger partial charge is 0.307 e. The largest absolute Gasteiger partial charge is 0.481 e. The summed E-state index contributed by atoms with van der Waals surface area (Å²) in [6.07, 6.45) is 1.82. The fourth-order valence-electron chi connectivity index (χ4n) is 2.07. The highest BCUT2D eigenvalue weighted by molar-refractivity contribution is 5.95. The van der Waals surface area contributed by atoms with Gasteiger partial charge in [0.15, 0.2) is 0 Å². The van der Waals surface area contributed by atoms with Crippen molar-refractivity contribution in [2.45, 2.75) is 25.3 Å². The molecular formula is C13H16N2O3. The second kappa shape index (κ2) is 5.64. The molecule has 5 nitrogen and oxygen atoms in total. The van der Waals surface area contributed by atoms with Gasteiger partial charge >= 0.3 is 5.97 Å². The number of rotatable bonds is 4. The van der Waals surface area contributed by atoms with Gasteiger partial charge in [-0.3, -0.25) is 9.59 Å². The summed E-state index contributed by atoms with van der Waals surface area (Å²) < 4.78 is 0. The average molecular weight is 248 g/mol. The summed E-state index contributed by atoms with van der Waals surface area (Å²) in [5.74, 6) is -0.934. The SMILES string of the molecule is O=C(O)Cc1cccc(NC(=O)[C@H]2CCCN2)c1. The third-order valence-electron chi connectivity index (χ3n) is 2.93. The lowest BCUT2D eigenvalue weighted by molar-refractivity contribution is -0.136. The number of benzene rings is 1. The van der Waals surface area contributed by atoms with Crippen molar-refractivity contribution in [1.82, 2.24) is 5.32 Å². The summed E-state index contributed by atoms with van der Waals surface area (Å²) in [5.41, 5.74) is 1.33. The van der Waals surface area contributed by atoms with E-state index in [1.807, 2.05) is 0 Å². The van der Waals surface area contributed by atoms with Gasteiger partial charge in [0.1, 0.15) is 0 Å². The fourth-order valence-corrected chi connectivity index (χ4v) is 2.07. The number of carbonyl (C=O) groups excluding carboxylic acids is 1. The minimum absolute atomic E-state index is 0.0363. The predicted octanol–water partition coefficient (Wildman–Crippen LogP) is 1.00. The van der Waals surface area contributed by atoms with E-state index in [1.54, 1.807) is 24.3 Å². The Labute approximate surface area is 105 Å². The standard InChI is InChI=1S/C13H16N2O3/c16-12(17)8-9-3-1-4-10(7-9)15-13(18)11-5-2-6-14-11/h1,3-4,7,11,14H,2,5-6,8H2,(H,15,18)(H,16,17)/t11-/m1/s1. The van der Waals surface area contributed by atoms with E-state index in [0.717, 1.165) is 19.4 Å². The zero-order valence-electron chi connectivity index (χ0n) is 9.98. The normalized spacial score (nSPS) is 18.6. The molecule has 0 bridgehead atoms. The zero-order valence-corrected chi connectivity index (χ0v) is 9.98. The second-order valence-electron chi connectivity index (χ2n) is 4.41. The number of anilines is 1. The number of hydrogen-bond acceptors (Lipinski definition) is 3. The Kier molecular flexibility index (Phi) is 3.94. The van der Waals surface area contributed by atoms with Crippen LogP contribution in [0, 0.1) is 0 Å². The van der Waals surface area contributed by atoms with E-state index in [2.05, 4.69) is 10.6 Å². The highest BCUT2D eigenvalue weighted by atomic mass is 16.4. The minimum Gasteiger partial charge on any atom is -0.481 e. The summed E-state index contributed by atoms with van der Waals surface area (Å²) in [6.45, 7) is 0.872. The van der Waals surface area contributed by atoms with E-state index in [4.69, 9.17) is 5.11 Å². The van der Waals surface area contributed by atoms with E-state index in [-0.39, 0.29) is 18.4 Å². The lowest BCUT2D eigenvalue weighted by Gasteiger charge is -2.11. The summed E-state index contributed by atoms with van der Waals surface area (Å²) in [4.78, 5) is 22.5. The Bertz CT molecular complexity index is 453. The molecule has 1 atom stereocenters.